The molecule has 0 amide bonds. The van der Waals surface area contributed by atoms with Gasteiger partial charge in [-0.05, 0) is 37.3 Å². The Hall–Kier alpha value is -1.22. The quantitative estimate of drug-likeness (QED) is 0.329. The summed E-state index contributed by atoms with van der Waals surface area (Å²) in [5.74, 6) is 0.145. The van der Waals surface area contributed by atoms with Crippen molar-refractivity contribution in [2.75, 3.05) is 0 Å². The number of hydrogen-bond acceptors (Lipinski definition) is 2. The second-order valence-corrected chi connectivity index (χ2v) is 5.91. The van der Waals surface area contributed by atoms with Gasteiger partial charge in [-0.3, -0.25) is 4.79 Å². The van der Waals surface area contributed by atoms with Crippen LogP contribution in [0.4, 0.5) is 0 Å². The van der Waals surface area contributed by atoms with Crippen LogP contribution >= 0.6 is 15.9 Å². The number of Topliss-reactive ketones (excluding diaryl/α,β-unsaturated/α-hetero) is 1. The first kappa shape index (κ1) is 14.2. The standard InChI is InChI=1S/C16H17BrO2/c1-2-3-4-5-13-14(10-18)15(13)16(19)11-6-8-12(17)9-7-11/h2,6-10,13-15H,1,3-5H2/t13-,14-,15+/m1/s1. The molecule has 1 aliphatic rings. The van der Waals surface area contributed by atoms with Crippen LogP contribution in [0.15, 0.2) is 41.4 Å². The Kier molecular flexibility index (Phi) is 4.70. The number of allylic oxidation sites excluding steroid dienone is 1. The number of unbranched alkanes of at least 4 members (excludes halogenated alkanes) is 1. The molecule has 0 aromatic heterocycles. The molecule has 1 saturated carbocycles. The average molecular weight is 321 g/mol. The van der Waals surface area contributed by atoms with Crippen molar-refractivity contribution in [1.29, 1.82) is 0 Å². The molecule has 0 saturated heterocycles. The van der Waals surface area contributed by atoms with Crippen molar-refractivity contribution in [3.05, 3.63) is 47.0 Å². The smallest absolute Gasteiger partial charge is 0.166 e. The van der Waals surface area contributed by atoms with Gasteiger partial charge in [0.2, 0.25) is 0 Å². The monoisotopic (exact) mass is 320 g/mol. The number of carbonyl (C=O) groups is 2. The van der Waals surface area contributed by atoms with Crippen molar-refractivity contribution in [2.45, 2.75) is 19.3 Å². The van der Waals surface area contributed by atoms with Crippen molar-refractivity contribution in [2.24, 2.45) is 17.8 Å². The molecule has 3 atom stereocenters. The summed E-state index contributed by atoms with van der Waals surface area (Å²) in [6, 6.07) is 7.34. The molecule has 0 spiro atoms. The van der Waals surface area contributed by atoms with E-state index < -0.39 is 0 Å². The van der Waals surface area contributed by atoms with Crippen LogP contribution in [0.5, 0.6) is 0 Å². The fourth-order valence-corrected chi connectivity index (χ4v) is 2.90. The summed E-state index contributed by atoms with van der Waals surface area (Å²) in [6.07, 6.45) is 5.70. The summed E-state index contributed by atoms with van der Waals surface area (Å²) in [6.45, 7) is 3.69. The van der Waals surface area contributed by atoms with E-state index in [2.05, 4.69) is 22.5 Å². The van der Waals surface area contributed by atoms with Gasteiger partial charge < -0.3 is 4.79 Å². The van der Waals surface area contributed by atoms with Crippen molar-refractivity contribution >= 4 is 28.0 Å². The number of aldehydes is 1. The molecule has 0 bridgehead atoms. The molecule has 0 radical (unpaired) electrons. The van der Waals surface area contributed by atoms with Crippen LogP contribution in [0.3, 0.4) is 0 Å². The Morgan fingerprint density at radius 2 is 2.00 bits per heavy atom. The van der Waals surface area contributed by atoms with E-state index >= 15 is 0 Å². The van der Waals surface area contributed by atoms with E-state index in [1.54, 1.807) is 0 Å². The van der Waals surface area contributed by atoms with Crippen LogP contribution in [-0.2, 0) is 4.79 Å². The first-order valence-corrected chi connectivity index (χ1v) is 7.34. The number of halogens is 1. The van der Waals surface area contributed by atoms with Crippen molar-refractivity contribution in [3.8, 4) is 0 Å². The predicted molar refractivity (Wildman–Crippen MR) is 79.1 cm³/mol. The second-order valence-electron chi connectivity index (χ2n) is 4.99. The lowest BCUT2D eigenvalue weighted by Gasteiger charge is -2.00. The number of rotatable bonds is 7. The third-order valence-electron chi connectivity index (χ3n) is 3.76. The highest BCUT2D eigenvalue weighted by atomic mass is 79.9. The average Bonchev–Trinajstić information content (AvgIpc) is 3.12. The van der Waals surface area contributed by atoms with Crippen LogP contribution in [-0.4, -0.2) is 12.1 Å². The molecule has 0 aliphatic heterocycles. The molecule has 0 N–H and O–H groups in total. The molecule has 0 heterocycles. The minimum Gasteiger partial charge on any atom is -0.303 e. The minimum absolute atomic E-state index is 0.0824. The van der Waals surface area contributed by atoms with E-state index in [4.69, 9.17) is 0 Å². The lowest BCUT2D eigenvalue weighted by molar-refractivity contribution is -0.109. The van der Waals surface area contributed by atoms with Crippen LogP contribution in [0.1, 0.15) is 29.6 Å². The first-order chi connectivity index (χ1) is 9.19. The van der Waals surface area contributed by atoms with Gasteiger partial charge in [-0.1, -0.05) is 34.1 Å². The highest BCUT2D eigenvalue weighted by Crippen LogP contribution is 2.49. The number of benzene rings is 1. The lowest BCUT2D eigenvalue weighted by Crippen LogP contribution is -2.04. The Morgan fingerprint density at radius 3 is 2.58 bits per heavy atom. The van der Waals surface area contributed by atoms with E-state index in [0.717, 1.165) is 30.0 Å². The van der Waals surface area contributed by atoms with Gasteiger partial charge in [0, 0.05) is 21.9 Å². The van der Waals surface area contributed by atoms with E-state index in [1.807, 2.05) is 30.3 Å². The highest BCUT2D eigenvalue weighted by Gasteiger charge is 2.53. The number of hydrogen-bond donors (Lipinski definition) is 0. The summed E-state index contributed by atoms with van der Waals surface area (Å²) < 4.78 is 0.953. The van der Waals surface area contributed by atoms with Crippen molar-refractivity contribution < 1.29 is 9.59 Å². The van der Waals surface area contributed by atoms with Gasteiger partial charge in [-0.15, -0.1) is 6.58 Å². The molecular weight excluding hydrogens is 304 g/mol. The molecule has 2 rings (SSSR count). The van der Waals surface area contributed by atoms with E-state index in [9.17, 15) is 9.59 Å². The molecule has 2 nitrogen and oxygen atoms in total. The molecule has 1 aliphatic carbocycles. The van der Waals surface area contributed by atoms with Crippen LogP contribution in [0.25, 0.3) is 0 Å². The first-order valence-electron chi connectivity index (χ1n) is 6.55. The summed E-state index contributed by atoms with van der Waals surface area (Å²) in [4.78, 5) is 23.4. The van der Waals surface area contributed by atoms with Gasteiger partial charge in [-0.25, -0.2) is 0 Å². The summed E-state index contributed by atoms with van der Waals surface area (Å²) in [5, 5.41) is 0. The zero-order valence-corrected chi connectivity index (χ0v) is 12.3. The largest absolute Gasteiger partial charge is 0.303 e. The van der Waals surface area contributed by atoms with Crippen LogP contribution < -0.4 is 0 Å². The Morgan fingerprint density at radius 1 is 1.32 bits per heavy atom. The molecule has 1 aromatic rings. The van der Waals surface area contributed by atoms with Gasteiger partial charge in [0.25, 0.3) is 0 Å². The summed E-state index contributed by atoms with van der Waals surface area (Å²) in [5.41, 5.74) is 0.700. The Labute approximate surface area is 122 Å². The summed E-state index contributed by atoms with van der Waals surface area (Å²) in [7, 11) is 0. The maximum atomic E-state index is 12.3. The number of carbonyl (C=O) groups excluding carboxylic acids is 2. The molecule has 0 unspecified atom stereocenters. The van der Waals surface area contributed by atoms with Crippen molar-refractivity contribution in [1.82, 2.24) is 0 Å². The van der Waals surface area contributed by atoms with Crippen LogP contribution in [0, 0.1) is 17.8 Å². The normalized spacial score (nSPS) is 24.8. The maximum Gasteiger partial charge on any atom is 0.166 e. The van der Waals surface area contributed by atoms with E-state index in [1.165, 1.54) is 0 Å². The topological polar surface area (TPSA) is 34.1 Å². The van der Waals surface area contributed by atoms with Crippen molar-refractivity contribution in [3.63, 3.8) is 0 Å². The molecule has 1 aromatic carbocycles. The molecule has 3 heteroatoms. The SMILES string of the molecule is C=CCCC[C@@H]1[C@@H](C=O)[C@H]1C(=O)c1ccc(Br)cc1. The molecule has 100 valence electrons. The van der Waals surface area contributed by atoms with E-state index in [-0.39, 0.29) is 23.5 Å². The van der Waals surface area contributed by atoms with Crippen LogP contribution in [0.2, 0.25) is 0 Å². The fourth-order valence-electron chi connectivity index (χ4n) is 2.63. The lowest BCUT2D eigenvalue weighted by atomic mass is 10.0. The van der Waals surface area contributed by atoms with Gasteiger partial charge >= 0.3 is 0 Å². The highest BCUT2D eigenvalue weighted by molar-refractivity contribution is 9.10. The number of ketones is 1. The van der Waals surface area contributed by atoms with E-state index in [0.29, 0.717) is 5.56 Å². The van der Waals surface area contributed by atoms with Gasteiger partial charge in [0.15, 0.2) is 5.78 Å². The minimum atomic E-state index is -0.108. The fraction of sp³-hybridized carbons (Fsp3) is 0.375. The third-order valence-corrected chi connectivity index (χ3v) is 4.29. The van der Waals surface area contributed by atoms with Gasteiger partial charge in [-0.2, -0.15) is 0 Å². The summed E-state index contributed by atoms with van der Waals surface area (Å²) >= 11 is 3.35. The maximum absolute atomic E-state index is 12.3. The predicted octanol–water partition coefficient (Wildman–Crippen LogP) is 4.05. The molecule has 19 heavy (non-hydrogen) atoms. The molecular formula is C16H17BrO2. The third kappa shape index (κ3) is 3.21. The Balaban J connectivity index is 2.00. The molecule has 1 fully saturated rings. The second kappa shape index (κ2) is 6.29. The zero-order chi connectivity index (χ0) is 13.8. The van der Waals surface area contributed by atoms with Gasteiger partial charge in [0.05, 0.1) is 0 Å². The zero-order valence-electron chi connectivity index (χ0n) is 10.7. The van der Waals surface area contributed by atoms with Gasteiger partial charge in [0.1, 0.15) is 6.29 Å². The Bertz CT molecular complexity index is 478.